The summed E-state index contributed by atoms with van der Waals surface area (Å²) >= 11 is 3.25. The molecule has 0 radical (unpaired) electrons. The molecule has 0 aliphatic heterocycles. The molecule has 0 saturated carbocycles. The first-order chi connectivity index (χ1) is 6.83. The second kappa shape index (κ2) is 6.79. The maximum atomic E-state index is 12.5. The molecule has 0 unspecified atom stereocenters. The predicted octanol–water partition coefficient (Wildman–Crippen LogP) is 2.62. The molecule has 0 aromatic heterocycles. The summed E-state index contributed by atoms with van der Waals surface area (Å²) in [6, 6.07) is 5.93. The summed E-state index contributed by atoms with van der Waals surface area (Å²) in [4.78, 5) is 0. The Kier molecular flexibility index (Phi) is 5.56. The molecule has 78 valence electrons. The fourth-order valence-electron chi connectivity index (χ4n) is 0.906. The van der Waals surface area contributed by atoms with Crippen LogP contribution in [-0.2, 0) is 4.74 Å². The van der Waals surface area contributed by atoms with Crippen LogP contribution < -0.4 is 4.74 Å². The first-order valence-corrected chi connectivity index (χ1v) is 5.47. The Balaban J connectivity index is 2.15. The van der Waals surface area contributed by atoms with Crippen LogP contribution in [0.15, 0.2) is 24.3 Å². The van der Waals surface area contributed by atoms with Crippen molar-refractivity contribution in [2.24, 2.45) is 0 Å². The van der Waals surface area contributed by atoms with Crippen LogP contribution in [0.25, 0.3) is 0 Å². The normalized spacial score (nSPS) is 10.1. The molecular weight excluding hydrogens is 251 g/mol. The third-order valence-electron chi connectivity index (χ3n) is 1.53. The predicted molar refractivity (Wildman–Crippen MR) is 56.5 cm³/mol. The lowest BCUT2D eigenvalue weighted by molar-refractivity contribution is 0.112. The Morgan fingerprint density at radius 3 is 2.43 bits per heavy atom. The number of hydrogen-bond acceptors (Lipinski definition) is 2. The molecule has 0 spiro atoms. The van der Waals surface area contributed by atoms with E-state index in [1.54, 1.807) is 12.1 Å². The minimum Gasteiger partial charge on any atom is -0.491 e. The lowest BCUT2D eigenvalue weighted by Gasteiger charge is -2.05. The van der Waals surface area contributed by atoms with Gasteiger partial charge in [-0.15, -0.1) is 0 Å². The van der Waals surface area contributed by atoms with Crippen molar-refractivity contribution in [2.75, 3.05) is 25.2 Å². The van der Waals surface area contributed by atoms with E-state index >= 15 is 0 Å². The van der Waals surface area contributed by atoms with Crippen LogP contribution in [0, 0.1) is 5.82 Å². The molecule has 1 aromatic rings. The van der Waals surface area contributed by atoms with Gasteiger partial charge in [0.25, 0.3) is 0 Å². The van der Waals surface area contributed by atoms with E-state index < -0.39 is 0 Å². The van der Waals surface area contributed by atoms with Gasteiger partial charge in [0, 0.05) is 5.33 Å². The number of ether oxygens (including phenoxy) is 2. The number of benzene rings is 1. The molecule has 0 aliphatic carbocycles. The summed E-state index contributed by atoms with van der Waals surface area (Å²) in [6.07, 6.45) is 0. The summed E-state index contributed by atoms with van der Waals surface area (Å²) in [5.74, 6) is 0.404. The van der Waals surface area contributed by atoms with Crippen molar-refractivity contribution in [3.63, 3.8) is 0 Å². The number of halogens is 2. The molecule has 0 heterocycles. The smallest absolute Gasteiger partial charge is 0.123 e. The van der Waals surface area contributed by atoms with E-state index in [1.807, 2.05) is 0 Å². The molecular formula is C10H12BrFO2. The Morgan fingerprint density at radius 2 is 1.79 bits per heavy atom. The molecule has 4 heteroatoms. The van der Waals surface area contributed by atoms with Crippen molar-refractivity contribution in [3.05, 3.63) is 30.1 Å². The second-order valence-corrected chi connectivity index (χ2v) is 3.40. The Labute approximate surface area is 91.2 Å². The maximum Gasteiger partial charge on any atom is 0.123 e. The zero-order valence-corrected chi connectivity index (χ0v) is 9.30. The van der Waals surface area contributed by atoms with Crippen molar-refractivity contribution in [1.29, 1.82) is 0 Å². The van der Waals surface area contributed by atoms with Gasteiger partial charge < -0.3 is 9.47 Å². The third kappa shape index (κ3) is 4.58. The fraction of sp³-hybridized carbons (Fsp3) is 0.400. The van der Waals surface area contributed by atoms with Gasteiger partial charge in [0.1, 0.15) is 18.2 Å². The highest BCUT2D eigenvalue weighted by atomic mass is 79.9. The van der Waals surface area contributed by atoms with Crippen LogP contribution in [0.4, 0.5) is 4.39 Å². The van der Waals surface area contributed by atoms with Crippen LogP contribution in [0.5, 0.6) is 5.75 Å². The number of alkyl halides is 1. The van der Waals surface area contributed by atoms with Crippen molar-refractivity contribution in [2.45, 2.75) is 0 Å². The molecule has 0 bridgehead atoms. The fourth-order valence-corrected chi connectivity index (χ4v) is 1.13. The van der Waals surface area contributed by atoms with Crippen molar-refractivity contribution in [3.8, 4) is 5.75 Å². The van der Waals surface area contributed by atoms with E-state index in [0.29, 0.717) is 25.6 Å². The minimum absolute atomic E-state index is 0.257. The van der Waals surface area contributed by atoms with Gasteiger partial charge in [-0.3, -0.25) is 0 Å². The van der Waals surface area contributed by atoms with Gasteiger partial charge in [0.15, 0.2) is 0 Å². The SMILES string of the molecule is Fc1ccc(OCCOCCBr)cc1. The molecule has 14 heavy (non-hydrogen) atoms. The van der Waals surface area contributed by atoms with E-state index in [0.717, 1.165) is 5.33 Å². The molecule has 1 aromatic carbocycles. The van der Waals surface area contributed by atoms with Crippen LogP contribution in [0.3, 0.4) is 0 Å². The average Bonchev–Trinajstić information content (AvgIpc) is 2.21. The highest BCUT2D eigenvalue weighted by Gasteiger charge is 1.94. The van der Waals surface area contributed by atoms with Crippen LogP contribution in [0.1, 0.15) is 0 Å². The number of hydrogen-bond donors (Lipinski definition) is 0. The first-order valence-electron chi connectivity index (χ1n) is 4.35. The van der Waals surface area contributed by atoms with Crippen molar-refractivity contribution >= 4 is 15.9 Å². The quantitative estimate of drug-likeness (QED) is 0.580. The summed E-state index contributed by atoms with van der Waals surface area (Å²) in [5, 5.41) is 0.823. The standard InChI is InChI=1S/C10H12BrFO2/c11-5-6-13-7-8-14-10-3-1-9(12)2-4-10/h1-4H,5-8H2. The lowest BCUT2D eigenvalue weighted by Crippen LogP contribution is -2.07. The average molecular weight is 263 g/mol. The topological polar surface area (TPSA) is 18.5 Å². The van der Waals surface area contributed by atoms with E-state index in [2.05, 4.69) is 15.9 Å². The summed E-state index contributed by atoms with van der Waals surface area (Å²) in [5.41, 5.74) is 0. The lowest BCUT2D eigenvalue weighted by atomic mass is 10.3. The van der Waals surface area contributed by atoms with E-state index in [1.165, 1.54) is 12.1 Å². The van der Waals surface area contributed by atoms with E-state index in [9.17, 15) is 4.39 Å². The highest BCUT2D eigenvalue weighted by Crippen LogP contribution is 2.10. The molecule has 0 atom stereocenters. The van der Waals surface area contributed by atoms with Crippen LogP contribution in [0.2, 0.25) is 0 Å². The number of rotatable bonds is 6. The van der Waals surface area contributed by atoms with Crippen LogP contribution >= 0.6 is 15.9 Å². The second-order valence-electron chi connectivity index (χ2n) is 2.60. The molecule has 0 amide bonds. The first kappa shape index (κ1) is 11.5. The molecule has 2 nitrogen and oxygen atoms in total. The largest absolute Gasteiger partial charge is 0.491 e. The maximum absolute atomic E-state index is 12.5. The molecule has 1 rings (SSSR count). The molecule has 0 N–H and O–H groups in total. The summed E-state index contributed by atoms with van der Waals surface area (Å²) in [6.45, 7) is 1.70. The van der Waals surface area contributed by atoms with Gasteiger partial charge >= 0.3 is 0 Å². The Morgan fingerprint density at radius 1 is 1.07 bits per heavy atom. The van der Waals surface area contributed by atoms with Gasteiger partial charge in [-0.1, -0.05) is 15.9 Å². The molecule has 0 fully saturated rings. The molecule has 0 aliphatic rings. The van der Waals surface area contributed by atoms with E-state index in [-0.39, 0.29) is 5.82 Å². The zero-order valence-electron chi connectivity index (χ0n) is 7.71. The van der Waals surface area contributed by atoms with Gasteiger partial charge in [-0.05, 0) is 24.3 Å². The minimum atomic E-state index is -0.257. The Bertz CT molecular complexity index is 251. The van der Waals surface area contributed by atoms with Gasteiger partial charge in [0.05, 0.1) is 13.2 Å². The van der Waals surface area contributed by atoms with Crippen LogP contribution in [-0.4, -0.2) is 25.2 Å². The van der Waals surface area contributed by atoms with Gasteiger partial charge in [-0.2, -0.15) is 0 Å². The monoisotopic (exact) mass is 262 g/mol. The Hall–Kier alpha value is -0.610. The summed E-state index contributed by atoms with van der Waals surface area (Å²) < 4.78 is 23.0. The third-order valence-corrected chi connectivity index (χ3v) is 1.86. The molecule has 0 saturated heterocycles. The summed E-state index contributed by atoms with van der Waals surface area (Å²) in [7, 11) is 0. The van der Waals surface area contributed by atoms with Gasteiger partial charge in [0.2, 0.25) is 0 Å². The van der Waals surface area contributed by atoms with E-state index in [4.69, 9.17) is 9.47 Å². The van der Waals surface area contributed by atoms with Gasteiger partial charge in [-0.25, -0.2) is 4.39 Å². The zero-order chi connectivity index (χ0) is 10.2. The van der Waals surface area contributed by atoms with Crippen molar-refractivity contribution < 1.29 is 13.9 Å². The van der Waals surface area contributed by atoms with Crippen molar-refractivity contribution in [1.82, 2.24) is 0 Å². The highest BCUT2D eigenvalue weighted by molar-refractivity contribution is 9.09.